The lowest BCUT2D eigenvalue weighted by atomic mass is 10.2. The zero-order valence-electron chi connectivity index (χ0n) is 12.6. The number of hydrogen-bond acceptors (Lipinski definition) is 5. The van der Waals surface area contributed by atoms with Crippen LogP contribution in [-0.4, -0.2) is 35.6 Å². The number of ether oxygens (including phenoxy) is 1. The number of Topliss-reactive ketones (excluding diaryl/α,β-unsaturated/α-hetero) is 1. The molecule has 0 heterocycles. The zero-order valence-corrected chi connectivity index (χ0v) is 13.4. The van der Waals surface area contributed by atoms with E-state index < -0.39 is 12.1 Å². The first-order chi connectivity index (χ1) is 10.5. The van der Waals surface area contributed by atoms with Crippen LogP contribution in [0, 0.1) is 0 Å². The Morgan fingerprint density at radius 2 is 2.00 bits per heavy atom. The van der Waals surface area contributed by atoms with Crippen molar-refractivity contribution in [3.05, 3.63) is 29.8 Å². The molecule has 118 valence electrons. The van der Waals surface area contributed by atoms with Gasteiger partial charge in [-0.2, -0.15) is 0 Å². The van der Waals surface area contributed by atoms with Crippen molar-refractivity contribution in [1.82, 2.24) is 5.32 Å². The second kappa shape index (κ2) is 7.45. The Bertz CT molecular complexity index is 583. The molecule has 0 radical (unpaired) electrons. The van der Waals surface area contributed by atoms with Crippen molar-refractivity contribution < 1.29 is 19.1 Å². The van der Waals surface area contributed by atoms with Crippen molar-refractivity contribution in [3.63, 3.8) is 0 Å². The first-order valence-corrected chi connectivity index (χ1v) is 8.18. The number of esters is 1. The maximum Gasteiger partial charge on any atom is 0.340 e. The second-order valence-corrected chi connectivity index (χ2v) is 6.33. The average molecular weight is 321 g/mol. The van der Waals surface area contributed by atoms with E-state index in [0.29, 0.717) is 16.2 Å². The Morgan fingerprint density at radius 3 is 2.64 bits per heavy atom. The third kappa shape index (κ3) is 4.87. The van der Waals surface area contributed by atoms with E-state index in [4.69, 9.17) is 4.74 Å². The second-order valence-electron chi connectivity index (χ2n) is 5.32. The average Bonchev–Trinajstić information content (AvgIpc) is 3.29. The van der Waals surface area contributed by atoms with E-state index in [1.807, 2.05) is 0 Å². The number of hydrogen-bond donors (Lipinski definition) is 1. The van der Waals surface area contributed by atoms with E-state index in [1.165, 1.54) is 18.7 Å². The summed E-state index contributed by atoms with van der Waals surface area (Å²) >= 11 is 1.29. The van der Waals surface area contributed by atoms with Crippen LogP contribution in [0.5, 0.6) is 0 Å². The molecule has 1 fully saturated rings. The van der Waals surface area contributed by atoms with E-state index in [-0.39, 0.29) is 17.7 Å². The fourth-order valence-electron chi connectivity index (χ4n) is 1.76. The maximum atomic E-state index is 12.2. The van der Waals surface area contributed by atoms with Crippen molar-refractivity contribution in [2.24, 2.45) is 0 Å². The molecule has 0 aromatic heterocycles. The van der Waals surface area contributed by atoms with Gasteiger partial charge in [-0.15, -0.1) is 11.8 Å². The zero-order chi connectivity index (χ0) is 16.1. The molecule has 0 spiro atoms. The van der Waals surface area contributed by atoms with Crippen LogP contribution in [0.4, 0.5) is 0 Å². The highest BCUT2D eigenvalue weighted by Gasteiger charge is 2.27. The number of carbonyl (C=O) groups is 3. The SMILES string of the molecule is CC(=O)CSc1ccccc1C(=O)O[C@H](C)C(=O)NC1CC1. The molecule has 1 amide bonds. The van der Waals surface area contributed by atoms with Gasteiger partial charge in [-0.3, -0.25) is 9.59 Å². The number of benzene rings is 1. The highest BCUT2D eigenvalue weighted by Crippen LogP contribution is 2.24. The van der Waals surface area contributed by atoms with E-state index >= 15 is 0 Å². The topological polar surface area (TPSA) is 72.5 Å². The van der Waals surface area contributed by atoms with Crippen LogP contribution in [0.25, 0.3) is 0 Å². The van der Waals surface area contributed by atoms with Gasteiger partial charge >= 0.3 is 5.97 Å². The first kappa shape index (κ1) is 16.5. The molecule has 1 saturated carbocycles. The fraction of sp³-hybridized carbons (Fsp3) is 0.438. The largest absolute Gasteiger partial charge is 0.449 e. The molecule has 1 aromatic rings. The highest BCUT2D eigenvalue weighted by atomic mass is 32.2. The van der Waals surface area contributed by atoms with Crippen molar-refractivity contribution in [2.75, 3.05) is 5.75 Å². The Kier molecular flexibility index (Phi) is 5.60. The van der Waals surface area contributed by atoms with Gasteiger partial charge in [0, 0.05) is 10.9 Å². The van der Waals surface area contributed by atoms with Gasteiger partial charge in [0.05, 0.1) is 11.3 Å². The molecule has 1 aromatic carbocycles. The lowest BCUT2D eigenvalue weighted by molar-refractivity contribution is -0.129. The monoisotopic (exact) mass is 321 g/mol. The fourth-order valence-corrected chi connectivity index (χ4v) is 2.60. The molecular formula is C16H19NO4S. The summed E-state index contributed by atoms with van der Waals surface area (Å²) in [5, 5.41) is 2.80. The van der Waals surface area contributed by atoms with Crippen LogP contribution in [-0.2, 0) is 14.3 Å². The minimum Gasteiger partial charge on any atom is -0.449 e. The molecule has 0 unspecified atom stereocenters. The van der Waals surface area contributed by atoms with Crippen LogP contribution < -0.4 is 5.32 Å². The summed E-state index contributed by atoms with van der Waals surface area (Å²) in [6, 6.07) is 7.15. The van der Waals surface area contributed by atoms with Gasteiger partial charge in [0.1, 0.15) is 5.78 Å². The van der Waals surface area contributed by atoms with Crippen molar-refractivity contribution >= 4 is 29.4 Å². The summed E-state index contributed by atoms with van der Waals surface area (Å²) in [6.07, 6.45) is 1.13. The molecule has 0 aliphatic heterocycles. The Hall–Kier alpha value is -1.82. The Labute approximate surface area is 133 Å². The third-order valence-corrected chi connectivity index (χ3v) is 4.33. The maximum absolute atomic E-state index is 12.2. The summed E-state index contributed by atoms with van der Waals surface area (Å²) in [5.74, 6) is -0.498. The minimum absolute atomic E-state index is 0.0327. The number of amides is 1. The molecule has 1 aliphatic rings. The molecule has 22 heavy (non-hydrogen) atoms. The van der Waals surface area contributed by atoms with E-state index in [9.17, 15) is 14.4 Å². The standard InChI is InChI=1S/C16H19NO4S/c1-10(18)9-22-14-6-4-3-5-13(14)16(20)21-11(2)15(19)17-12-7-8-12/h3-6,11-12H,7-9H2,1-2H3,(H,17,19)/t11-/m1/s1. The van der Waals surface area contributed by atoms with Gasteiger partial charge in [-0.25, -0.2) is 4.79 Å². The third-order valence-electron chi connectivity index (χ3n) is 3.11. The lowest BCUT2D eigenvalue weighted by Crippen LogP contribution is -2.37. The molecule has 0 bridgehead atoms. The van der Waals surface area contributed by atoms with Gasteiger partial charge in [-0.05, 0) is 38.8 Å². The van der Waals surface area contributed by atoms with Crippen molar-refractivity contribution in [3.8, 4) is 0 Å². The number of thioether (sulfide) groups is 1. The van der Waals surface area contributed by atoms with Crippen LogP contribution in [0.3, 0.4) is 0 Å². The predicted octanol–water partition coefficient (Wildman–Crippen LogP) is 2.19. The molecule has 2 rings (SSSR count). The molecular weight excluding hydrogens is 302 g/mol. The van der Waals surface area contributed by atoms with Crippen molar-refractivity contribution in [1.29, 1.82) is 0 Å². The number of rotatable bonds is 7. The van der Waals surface area contributed by atoms with Gasteiger partial charge in [0.15, 0.2) is 6.10 Å². The first-order valence-electron chi connectivity index (χ1n) is 7.20. The predicted molar refractivity (Wildman–Crippen MR) is 83.9 cm³/mol. The van der Waals surface area contributed by atoms with Crippen LogP contribution in [0.2, 0.25) is 0 Å². The summed E-state index contributed by atoms with van der Waals surface area (Å²) < 4.78 is 5.23. The summed E-state index contributed by atoms with van der Waals surface area (Å²) in [5.41, 5.74) is 0.375. The molecule has 0 saturated heterocycles. The van der Waals surface area contributed by atoms with Crippen molar-refractivity contribution in [2.45, 2.75) is 43.7 Å². The summed E-state index contributed by atoms with van der Waals surface area (Å²) in [4.78, 5) is 35.8. The minimum atomic E-state index is -0.834. The van der Waals surface area contributed by atoms with E-state index in [2.05, 4.69) is 5.32 Å². The highest BCUT2D eigenvalue weighted by molar-refractivity contribution is 8.00. The molecule has 6 heteroatoms. The van der Waals surface area contributed by atoms with E-state index in [1.54, 1.807) is 31.2 Å². The van der Waals surface area contributed by atoms with Crippen LogP contribution >= 0.6 is 11.8 Å². The number of ketones is 1. The Morgan fingerprint density at radius 1 is 1.32 bits per heavy atom. The summed E-state index contributed by atoms with van der Waals surface area (Å²) in [7, 11) is 0. The smallest absolute Gasteiger partial charge is 0.340 e. The van der Waals surface area contributed by atoms with Gasteiger partial charge in [0.2, 0.25) is 0 Å². The summed E-state index contributed by atoms with van der Waals surface area (Å²) in [6.45, 7) is 3.05. The molecule has 5 nitrogen and oxygen atoms in total. The lowest BCUT2D eigenvalue weighted by Gasteiger charge is -2.14. The number of nitrogens with one attached hydrogen (secondary N) is 1. The molecule has 1 atom stereocenters. The Balaban J connectivity index is 1.98. The van der Waals surface area contributed by atoms with Gasteiger partial charge < -0.3 is 10.1 Å². The van der Waals surface area contributed by atoms with Gasteiger partial charge in [0.25, 0.3) is 5.91 Å². The van der Waals surface area contributed by atoms with Crippen LogP contribution in [0.1, 0.15) is 37.0 Å². The normalized spacial score (nSPS) is 15.0. The van der Waals surface area contributed by atoms with E-state index in [0.717, 1.165) is 12.8 Å². The van der Waals surface area contributed by atoms with Gasteiger partial charge in [-0.1, -0.05) is 12.1 Å². The molecule has 1 N–H and O–H groups in total. The van der Waals surface area contributed by atoms with Crippen LogP contribution in [0.15, 0.2) is 29.2 Å². The number of carbonyl (C=O) groups excluding carboxylic acids is 3. The quantitative estimate of drug-likeness (QED) is 0.615. The molecule has 1 aliphatic carbocycles.